The van der Waals surface area contributed by atoms with Gasteiger partial charge in [-0.25, -0.2) is 0 Å². The van der Waals surface area contributed by atoms with E-state index in [0.29, 0.717) is 23.1 Å². The molecule has 0 aliphatic rings. The van der Waals surface area contributed by atoms with Crippen LogP contribution in [0.5, 0.6) is 5.75 Å². The van der Waals surface area contributed by atoms with Crippen LogP contribution in [-0.4, -0.2) is 17.9 Å². The van der Waals surface area contributed by atoms with E-state index in [4.69, 9.17) is 27.9 Å². The van der Waals surface area contributed by atoms with E-state index in [0.717, 1.165) is 33.3 Å². The fourth-order valence-corrected chi connectivity index (χ4v) is 3.91. The van der Waals surface area contributed by atoms with Crippen molar-refractivity contribution in [3.05, 3.63) is 99.7 Å². The maximum atomic E-state index is 6.38. The van der Waals surface area contributed by atoms with Gasteiger partial charge in [0, 0.05) is 44.8 Å². The minimum Gasteiger partial charge on any atom is -0.496 e. The van der Waals surface area contributed by atoms with Crippen LogP contribution < -0.4 is 10.2 Å². The van der Waals surface area contributed by atoms with E-state index in [2.05, 4.69) is 33.4 Å². The van der Waals surface area contributed by atoms with E-state index in [1.807, 2.05) is 54.7 Å². The molecule has 1 aromatic heterocycles. The highest BCUT2D eigenvalue weighted by atomic mass is 35.5. The lowest BCUT2D eigenvalue weighted by atomic mass is 10.2. The normalized spacial score (nSPS) is 11.3. The maximum absolute atomic E-state index is 6.38. The van der Waals surface area contributed by atoms with Crippen molar-refractivity contribution in [1.29, 1.82) is 0 Å². The van der Waals surface area contributed by atoms with Gasteiger partial charge >= 0.3 is 0 Å². The highest BCUT2D eigenvalue weighted by Crippen LogP contribution is 2.25. The van der Waals surface area contributed by atoms with Crippen molar-refractivity contribution >= 4 is 40.3 Å². The molecule has 1 N–H and O–H groups in total. The molecular formula is C24H21Cl2N3O. The molecule has 0 saturated heterocycles. The summed E-state index contributed by atoms with van der Waals surface area (Å²) in [5.41, 5.74) is 7.33. The fraction of sp³-hybridized carbons (Fsp3) is 0.125. The highest BCUT2D eigenvalue weighted by Gasteiger charge is 2.09. The van der Waals surface area contributed by atoms with Crippen molar-refractivity contribution in [3.8, 4) is 5.75 Å². The summed E-state index contributed by atoms with van der Waals surface area (Å²) in [6.45, 7) is 1.23. The van der Waals surface area contributed by atoms with E-state index in [1.54, 1.807) is 13.2 Å². The third-order valence-electron chi connectivity index (χ3n) is 4.93. The Morgan fingerprint density at radius 3 is 2.63 bits per heavy atom. The molecule has 4 aromatic rings. The molecule has 6 heteroatoms. The average molecular weight is 438 g/mol. The zero-order valence-corrected chi connectivity index (χ0v) is 18.0. The van der Waals surface area contributed by atoms with Gasteiger partial charge in [0.15, 0.2) is 0 Å². The van der Waals surface area contributed by atoms with Gasteiger partial charge in [0.1, 0.15) is 5.75 Å². The number of para-hydroxylation sites is 2. The molecule has 0 unspecified atom stereocenters. The Bertz CT molecular complexity index is 1200. The summed E-state index contributed by atoms with van der Waals surface area (Å²) in [4.78, 5) is 0. The van der Waals surface area contributed by atoms with Crippen LogP contribution in [0.3, 0.4) is 0 Å². The average Bonchev–Trinajstić information content (AvgIpc) is 3.11. The number of methoxy groups -OCH3 is 1. The Kier molecular flexibility index (Phi) is 6.26. The monoisotopic (exact) mass is 437 g/mol. The number of ether oxygens (including phenoxy) is 1. The number of hydrogen-bond acceptors (Lipinski definition) is 3. The second-order valence-corrected chi connectivity index (χ2v) is 7.71. The van der Waals surface area contributed by atoms with Crippen LogP contribution in [0.15, 0.2) is 78.0 Å². The molecule has 0 bridgehead atoms. The van der Waals surface area contributed by atoms with Crippen LogP contribution >= 0.6 is 23.2 Å². The third-order valence-corrected chi connectivity index (χ3v) is 5.52. The van der Waals surface area contributed by atoms with Crippen molar-refractivity contribution in [2.45, 2.75) is 13.1 Å². The second-order valence-electron chi connectivity index (χ2n) is 6.87. The third kappa shape index (κ3) is 4.45. The van der Waals surface area contributed by atoms with Crippen LogP contribution in [0.25, 0.3) is 10.9 Å². The van der Waals surface area contributed by atoms with Crippen LogP contribution in [0.1, 0.15) is 16.7 Å². The number of hydrogen-bond donors (Lipinski definition) is 1. The lowest BCUT2D eigenvalue weighted by Gasteiger charge is -2.08. The summed E-state index contributed by atoms with van der Waals surface area (Å²) in [6, 6.07) is 21.7. The van der Waals surface area contributed by atoms with Crippen molar-refractivity contribution < 1.29 is 4.74 Å². The lowest BCUT2D eigenvalue weighted by Crippen LogP contribution is -2.06. The maximum Gasteiger partial charge on any atom is 0.123 e. The lowest BCUT2D eigenvalue weighted by molar-refractivity contribution is 0.408. The first kappa shape index (κ1) is 20.3. The molecule has 30 heavy (non-hydrogen) atoms. The predicted molar refractivity (Wildman–Crippen MR) is 125 cm³/mol. The molecule has 0 aliphatic carbocycles. The van der Waals surface area contributed by atoms with Crippen LogP contribution in [0, 0.1) is 0 Å². The van der Waals surface area contributed by atoms with E-state index in [9.17, 15) is 0 Å². The van der Waals surface area contributed by atoms with Crippen LogP contribution in [0.4, 0.5) is 0 Å². The molecule has 0 fully saturated rings. The second kappa shape index (κ2) is 9.24. The minimum atomic E-state index is 0.583. The number of aromatic nitrogens is 1. The van der Waals surface area contributed by atoms with E-state index in [-0.39, 0.29) is 0 Å². The molecule has 0 atom stereocenters. The van der Waals surface area contributed by atoms with E-state index >= 15 is 0 Å². The number of rotatable bonds is 7. The van der Waals surface area contributed by atoms with Crippen molar-refractivity contribution in [1.82, 2.24) is 9.99 Å². The van der Waals surface area contributed by atoms with Crippen molar-refractivity contribution in [3.63, 3.8) is 0 Å². The number of nitrogens with one attached hydrogen (secondary N) is 1. The van der Waals surface area contributed by atoms with Gasteiger partial charge in [-0.2, -0.15) is 5.10 Å². The zero-order valence-electron chi connectivity index (χ0n) is 16.5. The summed E-state index contributed by atoms with van der Waals surface area (Å²) in [5, 5.41) is 6.85. The fourth-order valence-electron chi connectivity index (χ4n) is 3.44. The Morgan fingerprint density at radius 2 is 1.80 bits per heavy atom. The summed E-state index contributed by atoms with van der Waals surface area (Å²) >= 11 is 12.4. The van der Waals surface area contributed by atoms with Crippen LogP contribution in [-0.2, 0) is 13.1 Å². The smallest absolute Gasteiger partial charge is 0.123 e. The van der Waals surface area contributed by atoms with Crippen molar-refractivity contribution in [2.24, 2.45) is 5.10 Å². The first-order chi connectivity index (χ1) is 14.7. The largest absolute Gasteiger partial charge is 0.496 e. The molecule has 0 saturated carbocycles. The molecule has 0 radical (unpaired) electrons. The van der Waals surface area contributed by atoms with Gasteiger partial charge < -0.3 is 14.7 Å². The number of halogens is 2. The SMILES string of the molecule is COc1ccccc1CN/N=C\c1cn(Cc2ccc(Cl)cc2Cl)c2ccccc12. The number of benzene rings is 3. The summed E-state index contributed by atoms with van der Waals surface area (Å²) in [6.07, 6.45) is 3.93. The summed E-state index contributed by atoms with van der Waals surface area (Å²) in [5.74, 6) is 0.844. The summed E-state index contributed by atoms with van der Waals surface area (Å²) < 4.78 is 7.55. The van der Waals surface area contributed by atoms with E-state index < -0.39 is 0 Å². The van der Waals surface area contributed by atoms with Crippen molar-refractivity contribution in [2.75, 3.05) is 7.11 Å². The number of fused-ring (bicyclic) bond motifs is 1. The van der Waals surface area contributed by atoms with Crippen LogP contribution in [0.2, 0.25) is 10.0 Å². The molecule has 3 aromatic carbocycles. The van der Waals surface area contributed by atoms with Gasteiger partial charge in [0.25, 0.3) is 0 Å². The zero-order chi connectivity index (χ0) is 20.9. The standard InChI is InChI=1S/C24H21Cl2N3O/c1-30-24-9-5-2-6-17(24)13-27-28-14-19-16-29(23-8-4-3-7-21(19)23)15-18-10-11-20(25)12-22(18)26/h2-12,14,16,27H,13,15H2,1H3/b28-14-. The molecule has 0 spiro atoms. The Hall–Kier alpha value is -2.95. The Balaban J connectivity index is 1.55. The predicted octanol–water partition coefficient (Wildman–Crippen LogP) is 6.13. The molecule has 4 rings (SSSR count). The molecule has 152 valence electrons. The Morgan fingerprint density at radius 1 is 1.00 bits per heavy atom. The first-order valence-corrected chi connectivity index (χ1v) is 10.3. The Labute approximate surface area is 185 Å². The minimum absolute atomic E-state index is 0.583. The topological polar surface area (TPSA) is 38.5 Å². The number of nitrogens with zero attached hydrogens (tertiary/aromatic N) is 2. The molecule has 1 heterocycles. The van der Waals surface area contributed by atoms with Gasteiger partial charge in [0.05, 0.1) is 19.9 Å². The highest BCUT2D eigenvalue weighted by molar-refractivity contribution is 6.35. The van der Waals surface area contributed by atoms with E-state index in [1.165, 1.54) is 0 Å². The molecule has 0 amide bonds. The van der Waals surface area contributed by atoms with Gasteiger partial charge in [-0.15, -0.1) is 0 Å². The molecular weight excluding hydrogens is 417 g/mol. The molecule has 0 aliphatic heterocycles. The number of hydrazone groups is 1. The van der Waals surface area contributed by atoms with Gasteiger partial charge in [-0.3, -0.25) is 0 Å². The summed E-state index contributed by atoms with van der Waals surface area (Å²) in [7, 11) is 1.67. The van der Waals surface area contributed by atoms with Gasteiger partial charge in [-0.05, 0) is 29.8 Å². The first-order valence-electron chi connectivity index (χ1n) is 9.55. The molecule has 4 nitrogen and oxygen atoms in total. The van der Waals surface area contributed by atoms with Gasteiger partial charge in [-0.1, -0.05) is 65.7 Å². The quantitative estimate of drug-likeness (QED) is 0.279. The van der Waals surface area contributed by atoms with Gasteiger partial charge in [0.2, 0.25) is 0 Å².